The summed E-state index contributed by atoms with van der Waals surface area (Å²) in [4.78, 5) is -0.443. The van der Waals surface area contributed by atoms with Crippen LogP contribution in [0.1, 0.15) is 12.8 Å². The molecule has 9 heteroatoms. The lowest BCUT2D eigenvalue weighted by atomic mass is 10.3. The smallest absolute Gasteiger partial charge is 0.265 e. The summed E-state index contributed by atoms with van der Waals surface area (Å²) < 4.78 is 53.9. The van der Waals surface area contributed by atoms with Gasteiger partial charge in [0.05, 0.1) is 12.0 Å². The minimum absolute atomic E-state index is 0.0142. The Morgan fingerprint density at radius 2 is 1.75 bits per heavy atom. The van der Waals surface area contributed by atoms with Gasteiger partial charge < -0.3 is 4.74 Å². The van der Waals surface area contributed by atoms with Crippen molar-refractivity contribution < 1.29 is 21.6 Å². The molecule has 112 valence electrons. The molecule has 6 nitrogen and oxygen atoms in total. The highest BCUT2D eigenvalue weighted by molar-refractivity contribution is 8.13. The van der Waals surface area contributed by atoms with Gasteiger partial charge in [-0.05, 0) is 31.0 Å². The molecule has 1 aromatic carbocycles. The average molecular weight is 340 g/mol. The number of rotatable bonds is 4. The van der Waals surface area contributed by atoms with Gasteiger partial charge in [0.25, 0.3) is 9.05 Å². The standard InChI is InChI=1S/C11H14ClNO5S2/c1-18-10-5-4-9(8-11(10)19(12,14)15)20(16,17)13-6-2-3-7-13/h4-5,8H,2-3,6-7H2,1H3. The maximum atomic E-state index is 12.4. The Labute approximate surface area is 122 Å². The fourth-order valence-electron chi connectivity index (χ4n) is 2.09. The highest BCUT2D eigenvalue weighted by Crippen LogP contribution is 2.31. The predicted octanol–water partition coefficient (Wildman–Crippen LogP) is 1.41. The van der Waals surface area contributed by atoms with Crippen molar-refractivity contribution in [1.29, 1.82) is 0 Å². The molecule has 0 unspecified atom stereocenters. The Bertz CT molecular complexity index is 708. The van der Waals surface area contributed by atoms with Crippen LogP contribution in [0.4, 0.5) is 0 Å². The summed E-state index contributed by atoms with van der Waals surface area (Å²) in [6.07, 6.45) is 1.60. The second kappa shape index (κ2) is 5.51. The van der Waals surface area contributed by atoms with E-state index in [2.05, 4.69) is 0 Å². The fraction of sp³-hybridized carbons (Fsp3) is 0.455. The van der Waals surface area contributed by atoms with Gasteiger partial charge in [0.1, 0.15) is 10.6 Å². The first kappa shape index (κ1) is 15.6. The van der Waals surface area contributed by atoms with Crippen LogP contribution in [0.5, 0.6) is 5.75 Å². The SMILES string of the molecule is COc1ccc(S(=O)(=O)N2CCCC2)cc1S(=O)(=O)Cl. The average Bonchev–Trinajstić information content (AvgIpc) is 2.91. The molecule has 1 fully saturated rings. The maximum Gasteiger partial charge on any atom is 0.265 e. The second-order valence-electron chi connectivity index (χ2n) is 4.36. The lowest BCUT2D eigenvalue weighted by molar-refractivity contribution is 0.402. The Kier molecular flexibility index (Phi) is 4.29. The highest BCUT2D eigenvalue weighted by Gasteiger charge is 2.29. The first-order chi connectivity index (χ1) is 9.26. The third-order valence-electron chi connectivity index (χ3n) is 3.10. The molecule has 0 spiro atoms. The highest BCUT2D eigenvalue weighted by atomic mass is 35.7. The molecule has 0 aliphatic carbocycles. The summed E-state index contributed by atoms with van der Waals surface area (Å²) in [5, 5.41) is 0. The zero-order chi connectivity index (χ0) is 15.0. The number of methoxy groups -OCH3 is 1. The number of halogens is 1. The van der Waals surface area contributed by atoms with Gasteiger partial charge in [-0.15, -0.1) is 0 Å². The van der Waals surface area contributed by atoms with Gasteiger partial charge in [-0.1, -0.05) is 0 Å². The van der Waals surface area contributed by atoms with Gasteiger partial charge in [0.15, 0.2) is 0 Å². The number of hydrogen-bond donors (Lipinski definition) is 0. The number of sulfonamides is 1. The van der Waals surface area contributed by atoms with E-state index in [0.717, 1.165) is 18.9 Å². The van der Waals surface area contributed by atoms with Crippen LogP contribution in [0.2, 0.25) is 0 Å². The number of ether oxygens (including phenoxy) is 1. The Morgan fingerprint density at radius 3 is 2.25 bits per heavy atom. The van der Waals surface area contributed by atoms with Gasteiger partial charge in [0, 0.05) is 23.8 Å². The molecule has 1 aliphatic heterocycles. The van der Waals surface area contributed by atoms with E-state index in [1.165, 1.54) is 23.5 Å². The molecule has 0 atom stereocenters. The van der Waals surface area contributed by atoms with Crippen LogP contribution in [0.25, 0.3) is 0 Å². The minimum atomic E-state index is -4.09. The topological polar surface area (TPSA) is 80.8 Å². The molecular weight excluding hydrogens is 326 g/mol. The molecular formula is C11H14ClNO5S2. The first-order valence-corrected chi connectivity index (χ1v) is 9.64. The molecule has 1 aliphatic rings. The van der Waals surface area contributed by atoms with Crippen LogP contribution < -0.4 is 4.74 Å². The van der Waals surface area contributed by atoms with Crippen molar-refractivity contribution in [1.82, 2.24) is 4.31 Å². The van der Waals surface area contributed by atoms with E-state index in [1.807, 2.05) is 0 Å². The molecule has 0 amide bonds. The number of hydrogen-bond acceptors (Lipinski definition) is 5. The fourth-order valence-corrected chi connectivity index (χ4v) is 4.73. The second-order valence-corrected chi connectivity index (χ2v) is 8.83. The molecule has 0 N–H and O–H groups in total. The molecule has 1 aromatic rings. The van der Waals surface area contributed by atoms with E-state index < -0.39 is 19.1 Å². The lowest BCUT2D eigenvalue weighted by Crippen LogP contribution is -2.28. The molecule has 0 bridgehead atoms. The van der Waals surface area contributed by atoms with Crippen molar-refractivity contribution in [2.75, 3.05) is 20.2 Å². The lowest BCUT2D eigenvalue weighted by Gasteiger charge is -2.16. The van der Waals surface area contributed by atoms with E-state index in [9.17, 15) is 16.8 Å². The van der Waals surface area contributed by atoms with Crippen LogP contribution in [0, 0.1) is 0 Å². The normalized spacial score (nSPS) is 17.3. The predicted molar refractivity (Wildman–Crippen MR) is 74.0 cm³/mol. The van der Waals surface area contributed by atoms with Crippen molar-refractivity contribution >= 4 is 29.8 Å². The minimum Gasteiger partial charge on any atom is -0.495 e. The largest absolute Gasteiger partial charge is 0.495 e. The van der Waals surface area contributed by atoms with Crippen molar-refractivity contribution in [3.8, 4) is 5.75 Å². The molecule has 0 saturated carbocycles. The molecule has 0 aromatic heterocycles. The Balaban J connectivity index is 2.54. The zero-order valence-corrected chi connectivity index (χ0v) is 13.1. The molecule has 2 rings (SSSR count). The van der Waals surface area contributed by atoms with E-state index in [-0.39, 0.29) is 15.5 Å². The summed E-state index contributed by atoms with van der Waals surface area (Å²) in [7, 11) is -1.18. The summed E-state index contributed by atoms with van der Waals surface area (Å²) in [6, 6.07) is 3.64. The van der Waals surface area contributed by atoms with E-state index in [0.29, 0.717) is 13.1 Å². The third kappa shape index (κ3) is 2.93. The number of nitrogens with zero attached hydrogens (tertiary/aromatic N) is 1. The maximum absolute atomic E-state index is 12.4. The Morgan fingerprint density at radius 1 is 1.15 bits per heavy atom. The Hall–Kier alpha value is -0.830. The van der Waals surface area contributed by atoms with E-state index in [1.54, 1.807) is 0 Å². The van der Waals surface area contributed by atoms with Crippen molar-refractivity contribution in [2.24, 2.45) is 0 Å². The van der Waals surface area contributed by atoms with E-state index in [4.69, 9.17) is 15.4 Å². The van der Waals surface area contributed by atoms with Crippen LogP contribution in [0.3, 0.4) is 0 Å². The van der Waals surface area contributed by atoms with Crippen molar-refractivity contribution in [2.45, 2.75) is 22.6 Å². The quantitative estimate of drug-likeness (QED) is 0.775. The monoisotopic (exact) mass is 339 g/mol. The first-order valence-electron chi connectivity index (χ1n) is 5.89. The summed E-state index contributed by atoms with van der Waals surface area (Å²) in [5.74, 6) is 0.0142. The van der Waals surface area contributed by atoms with Crippen molar-refractivity contribution in [3.05, 3.63) is 18.2 Å². The van der Waals surface area contributed by atoms with E-state index >= 15 is 0 Å². The van der Waals surface area contributed by atoms with Crippen LogP contribution in [-0.2, 0) is 19.1 Å². The van der Waals surface area contributed by atoms with Crippen LogP contribution in [0.15, 0.2) is 28.0 Å². The number of benzene rings is 1. The third-order valence-corrected chi connectivity index (χ3v) is 6.34. The molecule has 1 saturated heterocycles. The molecule has 0 radical (unpaired) electrons. The van der Waals surface area contributed by atoms with Gasteiger partial charge in [-0.25, -0.2) is 16.8 Å². The van der Waals surface area contributed by atoms with Crippen LogP contribution in [-0.4, -0.2) is 41.3 Å². The van der Waals surface area contributed by atoms with Gasteiger partial charge in [-0.2, -0.15) is 4.31 Å². The summed E-state index contributed by atoms with van der Waals surface area (Å²) >= 11 is 0. The van der Waals surface area contributed by atoms with Gasteiger partial charge in [-0.3, -0.25) is 0 Å². The zero-order valence-electron chi connectivity index (χ0n) is 10.7. The summed E-state index contributed by atoms with van der Waals surface area (Å²) in [6.45, 7) is 0.884. The van der Waals surface area contributed by atoms with Gasteiger partial charge in [0.2, 0.25) is 10.0 Å². The van der Waals surface area contributed by atoms with Crippen LogP contribution >= 0.6 is 10.7 Å². The molecule has 20 heavy (non-hydrogen) atoms. The molecule has 1 heterocycles. The van der Waals surface area contributed by atoms with Crippen molar-refractivity contribution in [3.63, 3.8) is 0 Å². The van der Waals surface area contributed by atoms with Gasteiger partial charge >= 0.3 is 0 Å². The summed E-state index contributed by atoms with van der Waals surface area (Å²) in [5.41, 5.74) is 0.